The van der Waals surface area contributed by atoms with Crippen molar-refractivity contribution < 1.29 is 9.18 Å². The molecule has 1 saturated heterocycles. The lowest BCUT2D eigenvalue weighted by Crippen LogP contribution is -2.47. The molecule has 1 aromatic carbocycles. The fourth-order valence-corrected chi connectivity index (χ4v) is 3.17. The molecule has 1 aliphatic rings. The van der Waals surface area contributed by atoms with E-state index in [1.165, 1.54) is 12.1 Å². The Hall–Kier alpha value is -1.62. The van der Waals surface area contributed by atoms with Crippen LogP contribution in [0.4, 0.5) is 9.18 Å². The Morgan fingerprint density at radius 2 is 1.91 bits per heavy atom. The SMILES string of the molecule is CC(C)[C@H]1CN(C(=O)N(C)C)CCCN1Cc1ccc(F)cc1. The fourth-order valence-electron chi connectivity index (χ4n) is 3.17. The van der Waals surface area contributed by atoms with Gasteiger partial charge in [-0.25, -0.2) is 9.18 Å². The van der Waals surface area contributed by atoms with E-state index >= 15 is 0 Å². The number of benzene rings is 1. The summed E-state index contributed by atoms with van der Waals surface area (Å²) in [6.45, 7) is 7.69. The van der Waals surface area contributed by atoms with Crippen LogP contribution in [0, 0.1) is 11.7 Å². The van der Waals surface area contributed by atoms with Gasteiger partial charge < -0.3 is 9.80 Å². The van der Waals surface area contributed by atoms with Gasteiger partial charge in [0.25, 0.3) is 0 Å². The molecular weight excluding hydrogens is 293 g/mol. The number of amides is 2. The maximum Gasteiger partial charge on any atom is 0.319 e. The van der Waals surface area contributed by atoms with Crippen LogP contribution < -0.4 is 0 Å². The summed E-state index contributed by atoms with van der Waals surface area (Å²) < 4.78 is 13.1. The van der Waals surface area contributed by atoms with Crippen molar-refractivity contribution in [2.24, 2.45) is 5.92 Å². The first kappa shape index (κ1) is 17.7. The lowest BCUT2D eigenvalue weighted by atomic mass is 10.0. The van der Waals surface area contributed by atoms with Crippen LogP contribution in [0.15, 0.2) is 24.3 Å². The molecule has 0 spiro atoms. The standard InChI is InChI=1S/C18H28FN3O/c1-14(2)17-13-22(18(23)20(3)4)11-5-10-21(17)12-15-6-8-16(19)9-7-15/h6-9,14,17H,5,10-13H2,1-4H3/t17-/m1/s1. The quantitative estimate of drug-likeness (QED) is 0.855. The van der Waals surface area contributed by atoms with Crippen molar-refractivity contribution in [3.63, 3.8) is 0 Å². The van der Waals surface area contributed by atoms with Gasteiger partial charge in [0.1, 0.15) is 5.82 Å². The van der Waals surface area contributed by atoms with Crippen LogP contribution in [0.25, 0.3) is 0 Å². The number of carbonyl (C=O) groups is 1. The zero-order valence-electron chi connectivity index (χ0n) is 14.6. The van der Waals surface area contributed by atoms with Crippen molar-refractivity contribution in [1.29, 1.82) is 0 Å². The van der Waals surface area contributed by atoms with Crippen molar-refractivity contribution in [1.82, 2.24) is 14.7 Å². The first-order valence-corrected chi connectivity index (χ1v) is 8.33. The monoisotopic (exact) mass is 321 g/mol. The predicted octanol–water partition coefficient (Wildman–Crippen LogP) is 3.04. The van der Waals surface area contributed by atoms with Gasteiger partial charge in [-0.2, -0.15) is 0 Å². The maximum absolute atomic E-state index is 13.1. The van der Waals surface area contributed by atoms with E-state index in [0.29, 0.717) is 12.0 Å². The summed E-state index contributed by atoms with van der Waals surface area (Å²) in [5, 5.41) is 0. The van der Waals surface area contributed by atoms with Gasteiger partial charge in [0.15, 0.2) is 0 Å². The molecule has 1 heterocycles. The van der Waals surface area contributed by atoms with Gasteiger partial charge in [0, 0.05) is 46.3 Å². The molecule has 0 aromatic heterocycles. The van der Waals surface area contributed by atoms with Gasteiger partial charge in [-0.15, -0.1) is 0 Å². The summed E-state index contributed by atoms with van der Waals surface area (Å²) >= 11 is 0. The fraction of sp³-hybridized carbons (Fsp3) is 0.611. The Morgan fingerprint density at radius 1 is 1.26 bits per heavy atom. The third kappa shape index (κ3) is 4.67. The number of urea groups is 1. The second-order valence-corrected chi connectivity index (χ2v) is 6.88. The Bertz CT molecular complexity index is 516. The zero-order valence-corrected chi connectivity index (χ0v) is 14.6. The Labute approximate surface area is 138 Å². The molecule has 23 heavy (non-hydrogen) atoms. The van der Waals surface area contributed by atoms with Crippen molar-refractivity contribution in [3.05, 3.63) is 35.6 Å². The zero-order chi connectivity index (χ0) is 17.0. The average Bonchev–Trinajstić information content (AvgIpc) is 2.71. The topological polar surface area (TPSA) is 26.8 Å². The molecule has 4 nitrogen and oxygen atoms in total. The van der Waals surface area contributed by atoms with E-state index in [-0.39, 0.29) is 11.8 Å². The van der Waals surface area contributed by atoms with E-state index in [2.05, 4.69) is 18.7 Å². The summed E-state index contributed by atoms with van der Waals surface area (Å²) in [4.78, 5) is 18.3. The first-order chi connectivity index (χ1) is 10.9. The van der Waals surface area contributed by atoms with Crippen LogP contribution >= 0.6 is 0 Å². The van der Waals surface area contributed by atoms with Crippen molar-refractivity contribution >= 4 is 6.03 Å². The molecule has 0 aliphatic carbocycles. The molecule has 0 bridgehead atoms. The number of hydrogen-bond acceptors (Lipinski definition) is 2. The highest BCUT2D eigenvalue weighted by atomic mass is 19.1. The first-order valence-electron chi connectivity index (χ1n) is 8.33. The van der Waals surface area contributed by atoms with Crippen LogP contribution in [-0.2, 0) is 6.54 Å². The minimum atomic E-state index is -0.201. The molecule has 0 unspecified atom stereocenters. The molecule has 0 N–H and O–H groups in total. The maximum atomic E-state index is 13.1. The molecular formula is C18H28FN3O. The summed E-state index contributed by atoms with van der Waals surface area (Å²) in [6, 6.07) is 7.12. The predicted molar refractivity (Wildman–Crippen MR) is 90.7 cm³/mol. The van der Waals surface area contributed by atoms with Crippen molar-refractivity contribution in [3.8, 4) is 0 Å². The van der Waals surface area contributed by atoms with Crippen LogP contribution in [-0.4, -0.2) is 60.5 Å². The van der Waals surface area contributed by atoms with E-state index in [9.17, 15) is 9.18 Å². The van der Waals surface area contributed by atoms with Crippen LogP contribution in [0.2, 0.25) is 0 Å². The van der Waals surface area contributed by atoms with Gasteiger partial charge in [0.05, 0.1) is 0 Å². The molecule has 5 heteroatoms. The third-order valence-electron chi connectivity index (χ3n) is 4.47. The van der Waals surface area contributed by atoms with Gasteiger partial charge in [-0.05, 0) is 30.0 Å². The molecule has 128 valence electrons. The smallest absolute Gasteiger partial charge is 0.319 e. The molecule has 1 fully saturated rings. The van der Waals surface area contributed by atoms with Crippen molar-refractivity contribution in [2.45, 2.75) is 32.9 Å². The molecule has 2 rings (SSSR count). The summed E-state index contributed by atoms with van der Waals surface area (Å²) in [5.41, 5.74) is 1.12. The van der Waals surface area contributed by atoms with Gasteiger partial charge in [0.2, 0.25) is 0 Å². The Morgan fingerprint density at radius 3 is 2.48 bits per heavy atom. The van der Waals surface area contributed by atoms with Gasteiger partial charge in [-0.1, -0.05) is 26.0 Å². The second kappa shape index (κ2) is 7.77. The molecule has 0 radical (unpaired) electrons. The highest BCUT2D eigenvalue weighted by Gasteiger charge is 2.30. The second-order valence-electron chi connectivity index (χ2n) is 6.88. The third-order valence-corrected chi connectivity index (χ3v) is 4.47. The summed E-state index contributed by atoms with van der Waals surface area (Å²) in [6.07, 6.45) is 0.962. The minimum Gasteiger partial charge on any atom is -0.331 e. The van der Waals surface area contributed by atoms with E-state index < -0.39 is 0 Å². The van der Waals surface area contributed by atoms with Crippen LogP contribution in [0.1, 0.15) is 25.8 Å². The number of carbonyl (C=O) groups excluding carboxylic acids is 1. The van der Waals surface area contributed by atoms with E-state index in [4.69, 9.17) is 0 Å². The molecule has 2 amide bonds. The number of nitrogens with zero attached hydrogens (tertiary/aromatic N) is 3. The number of rotatable bonds is 3. The minimum absolute atomic E-state index is 0.0827. The molecule has 0 saturated carbocycles. The normalized spacial score (nSPS) is 19.7. The average molecular weight is 321 g/mol. The molecule has 1 aromatic rings. The summed E-state index contributed by atoms with van der Waals surface area (Å²) in [7, 11) is 3.60. The number of hydrogen-bond donors (Lipinski definition) is 0. The van der Waals surface area contributed by atoms with Crippen LogP contribution in [0.5, 0.6) is 0 Å². The van der Waals surface area contributed by atoms with E-state index in [0.717, 1.165) is 38.2 Å². The van der Waals surface area contributed by atoms with E-state index in [1.807, 2.05) is 17.0 Å². The van der Waals surface area contributed by atoms with Gasteiger partial charge >= 0.3 is 6.03 Å². The lowest BCUT2D eigenvalue weighted by Gasteiger charge is -2.35. The van der Waals surface area contributed by atoms with Gasteiger partial charge in [-0.3, -0.25) is 4.90 Å². The lowest BCUT2D eigenvalue weighted by molar-refractivity contribution is 0.127. The van der Waals surface area contributed by atoms with E-state index in [1.54, 1.807) is 19.0 Å². The summed E-state index contributed by atoms with van der Waals surface area (Å²) in [5.74, 6) is 0.249. The van der Waals surface area contributed by atoms with Crippen molar-refractivity contribution in [2.75, 3.05) is 33.7 Å². The highest BCUT2D eigenvalue weighted by molar-refractivity contribution is 5.73. The molecule has 1 atom stereocenters. The largest absolute Gasteiger partial charge is 0.331 e. The molecule has 1 aliphatic heterocycles. The highest BCUT2D eigenvalue weighted by Crippen LogP contribution is 2.20. The number of halogens is 1. The Kier molecular flexibility index (Phi) is 5.99. The Balaban J connectivity index is 2.12. The van der Waals surface area contributed by atoms with Crippen LogP contribution in [0.3, 0.4) is 0 Å².